The van der Waals surface area contributed by atoms with Gasteiger partial charge in [0.05, 0.1) is 0 Å². The first-order chi connectivity index (χ1) is 5.91. The van der Waals surface area contributed by atoms with Gasteiger partial charge in [-0.15, -0.1) is 0 Å². The Balaban J connectivity index is 0. The van der Waals surface area contributed by atoms with E-state index in [0.29, 0.717) is 0 Å². The first kappa shape index (κ1) is 16.8. The predicted molar refractivity (Wildman–Crippen MR) is 57.2 cm³/mol. The molecule has 0 nitrogen and oxygen atoms in total. The third-order valence-electron chi connectivity index (χ3n) is 2.35. The van der Waals surface area contributed by atoms with E-state index in [1.54, 1.807) is 0 Å². The van der Waals surface area contributed by atoms with Gasteiger partial charge in [0.15, 0.2) is 0 Å². The smallest absolute Gasteiger partial charge is 0 e. The quantitative estimate of drug-likeness (QED) is 0.426. The van der Waals surface area contributed by atoms with Gasteiger partial charge in [0.1, 0.15) is 0 Å². The summed E-state index contributed by atoms with van der Waals surface area (Å²) in [5, 5.41) is 0. The van der Waals surface area contributed by atoms with Gasteiger partial charge in [-0.2, -0.15) is 6.42 Å². The predicted octanol–water partition coefficient (Wildman–Crippen LogP) is 4.74. The van der Waals surface area contributed by atoms with Gasteiger partial charge < -0.3 is 6.92 Å². The molecule has 0 N–H and O–H groups in total. The van der Waals surface area contributed by atoms with E-state index in [1.807, 2.05) is 0 Å². The van der Waals surface area contributed by atoms with Crippen LogP contribution in [0.15, 0.2) is 0 Å². The Hall–Kier alpha value is 1.35. The molecule has 0 spiro atoms. The zero-order chi connectivity index (χ0) is 9.07. The molecule has 0 saturated carbocycles. The van der Waals surface area contributed by atoms with Crippen molar-refractivity contribution in [1.82, 2.24) is 0 Å². The fourth-order valence-electron chi connectivity index (χ4n) is 1.49. The van der Waals surface area contributed by atoms with Crippen LogP contribution in [0.1, 0.15) is 71.1 Å². The van der Waals surface area contributed by atoms with Crippen LogP contribution in [0.5, 0.6) is 0 Å². The van der Waals surface area contributed by atoms with Crippen molar-refractivity contribution in [2.24, 2.45) is 0 Å². The van der Waals surface area contributed by atoms with E-state index in [9.17, 15) is 0 Å². The van der Waals surface area contributed by atoms with E-state index in [4.69, 9.17) is 0 Å². The molecule has 0 radical (unpaired) electrons. The Labute approximate surface area is 118 Å². The molecule has 0 aromatic carbocycles. The fraction of sp³-hybridized carbons (Fsp3) is 0.917. The van der Waals surface area contributed by atoms with Crippen molar-refractivity contribution in [2.75, 3.05) is 0 Å². The molecule has 0 aliphatic carbocycles. The second kappa shape index (κ2) is 15.8. The molecule has 0 bridgehead atoms. The van der Waals surface area contributed by atoms with Gasteiger partial charge in [0.25, 0.3) is 0 Å². The summed E-state index contributed by atoms with van der Waals surface area (Å²) < 4.78 is 0. The van der Waals surface area contributed by atoms with Gasteiger partial charge in [0, 0.05) is 40.8 Å². The fourth-order valence-corrected chi connectivity index (χ4v) is 1.49. The van der Waals surface area contributed by atoms with Gasteiger partial charge in [-0.3, -0.25) is 0 Å². The van der Waals surface area contributed by atoms with Gasteiger partial charge in [-0.1, -0.05) is 64.7 Å². The minimum atomic E-state index is 0. The second-order valence-electron chi connectivity index (χ2n) is 3.68. The van der Waals surface area contributed by atoms with E-state index in [2.05, 4.69) is 13.8 Å². The van der Waals surface area contributed by atoms with Crippen LogP contribution < -0.4 is 0 Å². The van der Waals surface area contributed by atoms with Crippen LogP contribution >= 0.6 is 0 Å². The number of unbranched alkanes of at least 4 members (excludes halogenated alkanes) is 9. The van der Waals surface area contributed by atoms with Crippen molar-refractivity contribution in [3.8, 4) is 0 Å². The molecule has 1 heteroatoms. The molecule has 0 aliphatic heterocycles. The van der Waals surface area contributed by atoms with Crippen molar-refractivity contribution in [3.05, 3.63) is 6.92 Å². The molecule has 0 aromatic heterocycles. The molecular formula is C12H25Nd-. The van der Waals surface area contributed by atoms with E-state index >= 15 is 0 Å². The van der Waals surface area contributed by atoms with Crippen molar-refractivity contribution in [2.45, 2.75) is 71.1 Å². The average Bonchev–Trinajstić information content (AvgIpc) is 2.10. The Morgan fingerprint density at radius 3 is 1.46 bits per heavy atom. The molecule has 0 aromatic rings. The zero-order valence-electron chi connectivity index (χ0n) is 9.28. The molecule has 0 fully saturated rings. The third kappa shape index (κ3) is 16.1. The van der Waals surface area contributed by atoms with Gasteiger partial charge in [0.2, 0.25) is 0 Å². The number of hydrogen-bond acceptors (Lipinski definition) is 0. The van der Waals surface area contributed by atoms with E-state index in [1.165, 1.54) is 57.8 Å². The van der Waals surface area contributed by atoms with Crippen molar-refractivity contribution in [1.29, 1.82) is 0 Å². The third-order valence-corrected chi connectivity index (χ3v) is 2.35. The number of hydrogen-bond donors (Lipinski definition) is 0. The normalized spacial score (nSPS) is 9.69. The summed E-state index contributed by atoms with van der Waals surface area (Å²) in [4.78, 5) is 0. The molecule has 0 heterocycles. The number of rotatable bonds is 9. The second-order valence-corrected chi connectivity index (χ2v) is 3.68. The molecule has 0 rings (SSSR count). The van der Waals surface area contributed by atoms with Crippen LogP contribution in [0.4, 0.5) is 0 Å². The summed E-state index contributed by atoms with van der Waals surface area (Å²) >= 11 is 0. The average molecular weight is 314 g/mol. The Kier molecular flexibility index (Phi) is 20.4. The van der Waals surface area contributed by atoms with Crippen molar-refractivity contribution in [3.63, 3.8) is 0 Å². The van der Waals surface area contributed by atoms with E-state index < -0.39 is 0 Å². The Morgan fingerprint density at radius 1 is 0.692 bits per heavy atom. The SMILES string of the molecule is [CH2-]CCCCCCCCCCC.[Nd]. The maximum Gasteiger partial charge on any atom is 0 e. The minimum Gasteiger partial charge on any atom is -0.343 e. The summed E-state index contributed by atoms with van der Waals surface area (Å²) in [6.45, 7) is 6.12. The zero-order valence-corrected chi connectivity index (χ0v) is 12.5. The van der Waals surface area contributed by atoms with Gasteiger partial charge >= 0.3 is 0 Å². The molecule has 78 valence electrons. The largest absolute Gasteiger partial charge is 0.343 e. The van der Waals surface area contributed by atoms with Crippen LogP contribution in [0.3, 0.4) is 0 Å². The van der Waals surface area contributed by atoms with Crippen LogP contribution in [0, 0.1) is 47.8 Å². The molecule has 13 heavy (non-hydrogen) atoms. The van der Waals surface area contributed by atoms with E-state index in [-0.39, 0.29) is 40.8 Å². The van der Waals surface area contributed by atoms with Crippen LogP contribution in [-0.2, 0) is 0 Å². The molecule has 0 aliphatic rings. The first-order valence-electron chi connectivity index (χ1n) is 5.71. The standard InChI is InChI=1S/C12H25.Nd/c1-3-5-7-9-11-12-10-8-6-4-2;/h1,3-12H2,2H3;/q-1;. The topological polar surface area (TPSA) is 0 Å². The molecule has 0 saturated heterocycles. The summed E-state index contributed by atoms with van der Waals surface area (Å²) in [6, 6.07) is 0. The maximum absolute atomic E-state index is 3.84. The van der Waals surface area contributed by atoms with Crippen LogP contribution in [0.25, 0.3) is 0 Å². The molecular weight excluding hydrogens is 288 g/mol. The van der Waals surface area contributed by atoms with Crippen molar-refractivity contribution >= 4 is 0 Å². The van der Waals surface area contributed by atoms with E-state index in [0.717, 1.165) is 6.42 Å². The molecule has 0 unspecified atom stereocenters. The summed E-state index contributed by atoms with van der Waals surface area (Å²) in [7, 11) is 0. The Morgan fingerprint density at radius 2 is 1.08 bits per heavy atom. The first-order valence-corrected chi connectivity index (χ1v) is 5.71. The minimum absolute atomic E-state index is 0. The van der Waals surface area contributed by atoms with Crippen LogP contribution in [0.2, 0.25) is 0 Å². The summed E-state index contributed by atoms with van der Waals surface area (Å²) in [5.41, 5.74) is 0. The maximum atomic E-state index is 3.84. The van der Waals surface area contributed by atoms with Gasteiger partial charge in [-0.05, 0) is 0 Å². The van der Waals surface area contributed by atoms with Crippen LogP contribution in [-0.4, -0.2) is 0 Å². The molecule has 0 atom stereocenters. The molecule has 0 amide bonds. The van der Waals surface area contributed by atoms with Crippen molar-refractivity contribution < 1.29 is 40.8 Å². The monoisotopic (exact) mass is 311 g/mol. The van der Waals surface area contributed by atoms with Gasteiger partial charge in [-0.25, -0.2) is 0 Å². The summed E-state index contributed by atoms with van der Waals surface area (Å²) in [6.07, 6.45) is 13.9. The summed E-state index contributed by atoms with van der Waals surface area (Å²) in [5.74, 6) is 0. The Bertz CT molecular complexity index is 61.5.